The fraction of sp³-hybridized carbons (Fsp3) is 0.583. The number of rotatable bonds is 5. The summed E-state index contributed by atoms with van der Waals surface area (Å²) in [5.74, 6) is -0.211. The van der Waals surface area contributed by atoms with Crippen LogP contribution in [0.5, 0.6) is 0 Å². The molecule has 98 valence electrons. The molecule has 1 aliphatic rings. The van der Waals surface area contributed by atoms with Crippen LogP contribution < -0.4 is 10.6 Å². The van der Waals surface area contributed by atoms with Gasteiger partial charge in [-0.05, 0) is 25.9 Å². The molecule has 1 fully saturated rings. The van der Waals surface area contributed by atoms with Gasteiger partial charge in [-0.2, -0.15) is 0 Å². The van der Waals surface area contributed by atoms with Gasteiger partial charge in [-0.25, -0.2) is 4.98 Å². The van der Waals surface area contributed by atoms with Gasteiger partial charge in [0, 0.05) is 18.9 Å². The summed E-state index contributed by atoms with van der Waals surface area (Å²) >= 11 is 0. The molecule has 0 radical (unpaired) electrons. The third kappa shape index (κ3) is 4.05. The molecular formula is C12H18N4O2. The van der Waals surface area contributed by atoms with Gasteiger partial charge in [0.25, 0.3) is 5.91 Å². The lowest BCUT2D eigenvalue weighted by Crippen LogP contribution is -2.35. The van der Waals surface area contributed by atoms with Crippen molar-refractivity contribution >= 4 is 5.91 Å². The molecule has 6 heteroatoms. The maximum Gasteiger partial charge on any atom is 0.271 e. The Bertz CT molecular complexity index is 366. The molecular weight excluding hydrogens is 232 g/mol. The number of amides is 1. The molecule has 1 aromatic rings. The molecule has 1 amide bonds. The van der Waals surface area contributed by atoms with Crippen molar-refractivity contribution in [1.82, 2.24) is 20.6 Å². The van der Waals surface area contributed by atoms with Crippen molar-refractivity contribution in [2.24, 2.45) is 0 Å². The topological polar surface area (TPSA) is 76.1 Å². The Morgan fingerprint density at radius 1 is 1.44 bits per heavy atom. The van der Waals surface area contributed by atoms with Gasteiger partial charge < -0.3 is 15.4 Å². The molecule has 0 saturated carbocycles. The van der Waals surface area contributed by atoms with E-state index in [4.69, 9.17) is 4.74 Å². The van der Waals surface area contributed by atoms with Gasteiger partial charge in [0.05, 0.1) is 18.9 Å². The number of hydrogen-bond donors (Lipinski definition) is 2. The van der Waals surface area contributed by atoms with E-state index in [1.165, 1.54) is 18.6 Å². The van der Waals surface area contributed by atoms with Crippen molar-refractivity contribution in [3.05, 3.63) is 24.3 Å². The highest BCUT2D eigenvalue weighted by molar-refractivity contribution is 5.91. The zero-order chi connectivity index (χ0) is 12.6. The standard InChI is InChI=1S/C12H18N4O2/c17-12(11-9-14-5-6-15-11)16-7-8-18-10-1-3-13-4-2-10/h5-6,9-10,13H,1-4,7-8H2,(H,16,17). The van der Waals surface area contributed by atoms with Crippen LogP contribution in [-0.4, -0.2) is 48.2 Å². The zero-order valence-corrected chi connectivity index (χ0v) is 10.3. The second-order valence-electron chi connectivity index (χ2n) is 4.17. The summed E-state index contributed by atoms with van der Waals surface area (Å²) in [6.45, 7) is 3.06. The molecule has 0 aromatic carbocycles. The van der Waals surface area contributed by atoms with Gasteiger partial charge in [-0.3, -0.25) is 9.78 Å². The zero-order valence-electron chi connectivity index (χ0n) is 10.3. The predicted octanol–water partition coefficient (Wildman–Crippen LogP) is -0.0250. The number of carbonyl (C=O) groups excluding carboxylic acids is 1. The Kier molecular flexibility index (Phi) is 5.04. The smallest absolute Gasteiger partial charge is 0.271 e. The SMILES string of the molecule is O=C(NCCOC1CCNCC1)c1cnccn1. The van der Waals surface area contributed by atoms with E-state index in [0.717, 1.165) is 25.9 Å². The first-order chi connectivity index (χ1) is 8.86. The molecule has 6 nitrogen and oxygen atoms in total. The maximum absolute atomic E-state index is 11.6. The number of nitrogens with zero attached hydrogens (tertiary/aromatic N) is 2. The van der Waals surface area contributed by atoms with Crippen LogP contribution in [0.25, 0.3) is 0 Å². The largest absolute Gasteiger partial charge is 0.376 e. The van der Waals surface area contributed by atoms with Crippen molar-refractivity contribution in [3.63, 3.8) is 0 Å². The molecule has 0 spiro atoms. The van der Waals surface area contributed by atoms with E-state index in [-0.39, 0.29) is 5.91 Å². The molecule has 1 aliphatic heterocycles. The summed E-state index contributed by atoms with van der Waals surface area (Å²) in [5.41, 5.74) is 0.333. The van der Waals surface area contributed by atoms with E-state index in [2.05, 4.69) is 20.6 Å². The third-order valence-corrected chi connectivity index (χ3v) is 2.82. The second-order valence-corrected chi connectivity index (χ2v) is 4.17. The van der Waals surface area contributed by atoms with Crippen molar-refractivity contribution in [2.45, 2.75) is 18.9 Å². The first-order valence-electron chi connectivity index (χ1n) is 6.23. The van der Waals surface area contributed by atoms with Crippen LogP contribution >= 0.6 is 0 Å². The minimum atomic E-state index is -0.211. The van der Waals surface area contributed by atoms with Gasteiger partial charge in [0.15, 0.2) is 0 Å². The number of piperidine rings is 1. The molecule has 0 atom stereocenters. The minimum absolute atomic E-state index is 0.211. The lowest BCUT2D eigenvalue weighted by Gasteiger charge is -2.22. The van der Waals surface area contributed by atoms with E-state index >= 15 is 0 Å². The normalized spacial score (nSPS) is 16.4. The van der Waals surface area contributed by atoms with Crippen molar-refractivity contribution in [2.75, 3.05) is 26.2 Å². The Labute approximate surface area is 106 Å². The summed E-state index contributed by atoms with van der Waals surface area (Å²) in [7, 11) is 0. The van der Waals surface area contributed by atoms with Gasteiger partial charge in [-0.15, -0.1) is 0 Å². The van der Waals surface area contributed by atoms with Gasteiger partial charge in [0.2, 0.25) is 0 Å². The molecule has 2 rings (SSSR count). The van der Waals surface area contributed by atoms with Gasteiger partial charge in [0.1, 0.15) is 5.69 Å². The average molecular weight is 250 g/mol. The first-order valence-corrected chi connectivity index (χ1v) is 6.23. The predicted molar refractivity (Wildman–Crippen MR) is 66.2 cm³/mol. The average Bonchev–Trinajstić information content (AvgIpc) is 2.45. The number of carbonyl (C=O) groups is 1. The summed E-state index contributed by atoms with van der Waals surface area (Å²) in [4.78, 5) is 19.4. The van der Waals surface area contributed by atoms with Crippen molar-refractivity contribution in [3.8, 4) is 0 Å². The van der Waals surface area contributed by atoms with E-state index in [9.17, 15) is 4.79 Å². The van der Waals surface area contributed by atoms with Gasteiger partial charge in [-0.1, -0.05) is 0 Å². The highest BCUT2D eigenvalue weighted by Gasteiger charge is 2.13. The van der Waals surface area contributed by atoms with Gasteiger partial charge >= 0.3 is 0 Å². The third-order valence-electron chi connectivity index (χ3n) is 2.82. The summed E-state index contributed by atoms with van der Waals surface area (Å²) < 4.78 is 5.68. The number of aromatic nitrogens is 2. The highest BCUT2D eigenvalue weighted by atomic mass is 16.5. The number of ether oxygens (including phenoxy) is 1. The monoisotopic (exact) mass is 250 g/mol. The Balaban J connectivity index is 1.62. The molecule has 1 aromatic heterocycles. The molecule has 18 heavy (non-hydrogen) atoms. The van der Waals surface area contributed by atoms with Crippen LogP contribution in [-0.2, 0) is 4.74 Å². The Morgan fingerprint density at radius 2 is 2.28 bits per heavy atom. The lowest BCUT2D eigenvalue weighted by molar-refractivity contribution is 0.0343. The minimum Gasteiger partial charge on any atom is -0.376 e. The summed E-state index contributed by atoms with van der Waals surface area (Å²) in [5, 5.41) is 6.04. The van der Waals surface area contributed by atoms with Crippen LogP contribution in [0.4, 0.5) is 0 Å². The quantitative estimate of drug-likeness (QED) is 0.718. The molecule has 0 unspecified atom stereocenters. The maximum atomic E-state index is 11.6. The van der Waals surface area contributed by atoms with Crippen LogP contribution in [0.2, 0.25) is 0 Å². The number of hydrogen-bond acceptors (Lipinski definition) is 5. The first kappa shape index (κ1) is 12.9. The van der Waals surface area contributed by atoms with Crippen LogP contribution in [0.1, 0.15) is 23.3 Å². The van der Waals surface area contributed by atoms with E-state index in [1.54, 1.807) is 0 Å². The number of nitrogens with one attached hydrogen (secondary N) is 2. The fourth-order valence-corrected chi connectivity index (χ4v) is 1.86. The van der Waals surface area contributed by atoms with Crippen molar-refractivity contribution < 1.29 is 9.53 Å². The second kappa shape index (κ2) is 7.03. The molecule has 2 heterocycles. The van der Waals surface area contributed by atoms with Crippen LogP contribution in [0.15, 0.2) is 18.6 Å². The lowest BCUT2D eigenvalue weighted by atomic mass is 10.1. The Morgan fingerprint density at radius 3 is 3.00 bits per heavy atom. The molecule has 0 aliphatic carbocycles. The molecule has 2 N–H and O–H groups in total. The fourth-order valence-electron chi connectivity index (χ4n) is 1.86. The summed E-state index contributed by atoms with van der Waals surface area (Å²) in [6.07, 6.45) is 6.89. The van der Waals surface area contributed by atoms with Crippen molar-refractivity contribution in [1.29, 1.82) is 0 Å². The molecule has 1 saturated heterocycles. The van der Waals surface area contributed by atoms with Crippen LogP contribution in [0, 0.1) is 0 Å². The summed E-state index contributed by atoms with van der Waals surface area (Å²) in [6, 6.07) is 0. The van der Waals surface area contributed by atoms with E-state index < -0.39 is 0 Å². The van der Waals surface area contributed by atoms with Crippen LogP contribution in [0.3, 0.4) is 0 Å². The van der Waals surface area contributed by atoms with E-state index in [1.807, 2.05) is 0 Å². The molecule has 0 bridgehead atoms. The Hall–Kier alpha value is -1.53. The highest BCUT2D eigenvalue weighted by Crippen LogP contribution is 2.06. The van der Waals surface area contributed by atoms with E-state index in [0.29, 0.717) is 24.9 Å².